The summed E-state index contributed by atoms with van der Waals surface area (Å²) >= 11 is 0. The fraction of sp³-hybridized carbons (Fsp3) is 0.400. The molecule has 0 bridgehead atoms. The number of rotatable bonds is 3. The Hall–Kier alpha value is -1.81. The molecule has 1 heterocycles. The van der Waals surface area contributed by atoms with Gasteiger partial charge in [0.15, 0.2) is 0 Å². The Labute approximate surface area is 113 Å². The normalized spacial score (nSPS) is 19.1. The largest absolute Gasteiger partial charge is 0.496 e. The summed E-state index contributed by atoms with van der Waals surface area (Å²) in [6, 6.07) is 5.40. The molecule has 2 rings (SSSR count). The van der Waals surface area contributed by atoms with Gasteiger partial charge in [-0.15, -0.1) is 0 Å². The van der Waals surface area contributed by atoms with Gasteiger partial charge >= 0.3 is 0 Å². The second kappa shape index (κ2) is 5.89. The Bertz CT molecular complexity index is 484. The molecule has 1 aliphatic heterocycles. The van der Waals surface area contributed by atoms with E-state index in [1.165, 1.54) is 0 Å². The van der Waals surface area contributed by atoms with Crippen LogP contribution in [-0.4, -0.2) is 43.7 Å². The van der Waals surface area contributed by atoms with Crippen LogP contribution in [0.5, 0.6) is 5.75 Å². The molecule has 4 nitrogen and oxygen atoms in total. The predicted molar refractivity (Wildman–Crippen MR) is 74.4 cm³/mol. The average molecular weight is 261 g/mol. The van der Waals surface area contributed by atoms with Gasteiger partial charge in [-0.2, -0.15) is 0 Å². The second-order valence-corrected chi connectivity index (χ2v) is 4.59. The minimum absolute atomic E-state index is 0.0286. The lowest BCUT2D eigenvalue weighted by molar-refractivity contribution is -0.0124. The summed E-state index contributed by atoms with van der Waals surface area (Å²) in [5, 5.41) is 0. The van der Waals surface area contributed by atoms with Crippen molar-refractivity contribution in [2.24, 2.45) is 0 Å². The van der Waals surface area contributed by atoms with Crippen molar-refractivity contribution in [2.75, 3.05) is 26.8 Å². The van der Waals surface area contributed by atoms with E-state index in [0.29, 0.717) is 25.3 Å². The van der Waals surface area contributed by atoms with Crippen molar-refractivity contribution in [1.82, 2.24) is 4.90 Å². The van der Waals surface area contributed by atoms with Crippen LogP contribution in [0.3, 0.4) is 0 Å². The van der Waals surface area contributed by atoms with Gasteiger partial charge in [0.25, 0.3) is 5.91 Å². The molecule has 19 heavy (non-hydrogen) atoms. The van der Waals surface area contributed by atoms with E-state index in [0.717, 1.165) is 11.3 Å². The van der Waals surface area contributed by atoms with E-state index >= 15 is 0 Å². The molecule has 0 aliphatic carbocycles. The van der Waals surface area contributed by atoms with Crippen molar-refractivity contribution < 1.29 is 14.3 Å². The van der Waals surface area contributed by atoms with Crippen molar-refractivity contribution >= 4 is 12.0 Å². The zero-order chi connectivity index (χ0) is 13.8. The maximum Gasteiger partial charge on any atom is 0.254 e. The topological polar surface area (TPSA) is 38.8 Å². The van der Waals surface area contributed by atoms with Crippen molar-refractivity contribution in [2.45, 2.75) is 13.0 Å². The number of carbonyl (C=O) groups is 1. The molecule has 1 aliphatic rings. The van der Waals surface area contributed by atoms with E-state index in [1.54, 1.807) is 25.3 Å². The first-order valence-electron chi connectivity index (χ1n) is 6.37. The third kappa shape index (κ3) is 2.96. The third-order valence-corrected chi connectivity index (χ3v) is 3.22. The van der Waals surface area contributed by atoms with Crippen molar-refractivity contribution in [3.63, 3.8) is 0 Å². The molecule has 1 atom stereocenters. The predicted octanol–water partition coefficient (Wildman–Crippen LogP) is 2.20. The molecule has 0 spiro atoms. The van der Waals surface area contributed by atoms with Crippen LogP contribution in [0.25, 0.3) is 6.08 Å². The number of morpholine rings is 1. The monoisotopic (exact) mass is 261 g/mol. The first-order valence-corrected chi connectivity index (χ1v) is 6.37. The van der Waals surface area contributed by atoms with Crippen molar-refractivity contribution in [1.29, 1.82) is 0 Å². The Morgan fingerprint density at radius 1 is 1.58 bits per heavy atom. The van der Waals surface area contributed by atoms with E-state index < -0.39 is 0 Å². The molecule has 1 unspecified atom stereocenters. The molecular formula is C15H19NO3. The maximum atomic E-state index is 12.4. The van der Waals surface area contributed by atoms with Gasteiger partial charge in [0, 0.05) is 24.2 Å². The van der Waals surface area contributed by atoms with Crippen LogP contribution in [0.1, 0.15) is 22.8 Å². The zero-order valence-electron chi connectivity index (χ0n) is 11.4. The van der Waals surface area contributed by atoms with Gasteiger partial charge in [-0.1, -0.05) is 12.7 Å². The number of carbonyl (C=O) groups excluding carboxylic acids is 1. The van der Waals surface area contributed by atoms with Crippen LogP contribution in [0.15, 0.2) is 24.8 Å². The molecule has 102 valence electrons. The molecular weight excluding hydrogens is 242 g/mol. The minimum Gasteiger partial charge on any atom is -0.496 e. The highest BCUT2D eigenvalue weighted by Crippen LogP contribution is 2.22. The molecule has 4 heteroatoms. The van der Waals surface area contributed by atoms with Gasteiger partial charge in [-0.3, -0.25) is 4.79 Å². The van der Waals surface area contributed by atoms with Gasteiger partial charge in [0.1, 0.15) is 5.75 Å². The van der Waals surface area contributed by atoms with Gasteiger partial charge in [0.05, 0.1) is 19.8 Å². The number of nitrogens with zero attached hydrogens (tertiary/aromatic N) is 1. The van der Waals surface area contributed by atoms with Gasteiger partial charge in [-0.25, -0.2) is 0 Å². The van der Waals surface area contributed by atoms with Gasteiger partial charge < -0.3 is 14.4 Å². The second-order valence-electron chi connectivity index (χ2n) is 4.59. The average Bonchev–Trinajstić information content (AvgIpc) is 2.45. The van der Waals surface area contributed by atoms with Crippen molar-refractivity contribution in [3.8, 4) is 5.75 Å². The van der Waals surface area contributed by atoms with Crippen LogP contribution in [0.2, 0.25) is 0 Å². The zero-order valence-corrected chi connectivity index (χ0v) is 11.4. The highest BCUT2D eigenvalue weighted by molar-refractivity contribution is 5.95. The van der Waals surface area contributed by atoms with Crippen LogP contribution in [0, 0.1) is 0 Å². The van der Waals surface area contributed by atoms with Crippen LogP contribution in [-0.2, 0) is 4.74 Å². The molecule has 1 fully saturated rings. The van der Waals surface area contributed by atoms with Gasteiger partial charge in [0.2, 0.25) is 0 Å². The molecule has 1 aromatic carbocycles. The molecule has 1 saturated heterocycles. The van der Waals surface area contributed by atoms with Crippen molar-refractivity contribution in [3.05, 3.63) is 35.9 Å². The molecule has 0 N–H and O–H groups in total. The smallest absolute Gasteiger partial charge is 0.254 e. The van der Waals surface area contributed by atoms with E-state index in [-0.39, 0.29) is 12.0 Å². The van der Waals surface area contributed by atoms with E-state index in [1.807, 2.05) is 17.9 Å². The number of hydrogen-bond donors (Lipinski definition) is 0. The number of hydrogen-bond acceptors (Lipinski definition) is 3. The van der Waals surface area contributed by atoms with E-state index in [4.69, 9.17) is 9.47 Å². The lowest BCUT2D eigenvalue weighted by Crippen LogP contribution is -2.44. The molecule has 0 radical (unpaired) electrons. The maximum absolute atomic E-state index is 12.4. The minimum atomic E-state index is 0.0286. The Balaban J connectivity index is 2.21. The summed E-state index contributed by atoms with van der Waals surface area (Å²) in [5.74, 6) is 0.753. The fourth-order valence-electron chi connectivity index (χ4n) is 2.21. The summed E-state index contributed by atoms with van der Waals surface area (Å²) in [5.41, 5.74) is 1.49. The van der Waals surface area contributed by atoms with Gasteiger partial charge in [-0.05, 0) is 25.1 Å². The fourth-order valence-corrected chi connectivity index (χ4v) is 2.21. The summed E-state index contributed by atoms with van der Waals surface area (Å²) in [6.45, 7) is 7.58. The number of amides is 1. The quantitative estimate of drug-likeness (QED) is 0.837. The molecule has 0 saturated carbocycles. The first kappa shape index (κ1) is 13.6. The van der Waals surface area contributed by atoms with E-state index in [9.17, 15) is 4.79 Å². The molecule has 1 aromatic rings. The third-order valence-electron chi connectivity index (χ3n) is 3.22. The Kier molecular flexibility index (Phi) is 4.22. The van der Waals surface area contributed by atoms with E-state index in [2.05, 4.69) is 6.58 Å². The Morgan fingerprint density at radius 3 is 3.00 bits per heavy atom. The highest BCUT2D eigenvalue weighted by atomic mass is 16.5. The number of benzene rings is 1. The summed E-state index contributed by atoms with van der Waals surface area (Å²) in [6.07, 6.45) is 1.78. The lowest BCUT2D eigenvalue weighted by Gasteiger charge is -2.31. The van der Waals surface area contributed by atoms with Crippen LogP contribution < -0.4 is 4.74 Å². The first-order chi connectivity index (χ1) is 9.15. The van der Waals surface area contributed by atoms with Crippen LogP contribution in [0.4, 0.5) is 0 Å². The summed E-state index contributed by atoms with van der Waals surface area (Å²) in [7, 11) is 1.60. The number of methoxy groups -OCH3 is 1. The molecule has 1 amide bonds. The summed E-state index contributed by atoms with van der Waals surface area (Å²) < 4.78 is 10.7. The standard InChI is InChI=1S/C15H19NO3/c1-4-12-9-13(5-6-14(12)18-3)15(17)16-7-8-19-11(2)10-16/h4-6,9,11H,1,7-8,10H2,2-3H3. The van der Waals surface area contributed by atoms with Crippen LogP contribution >= 0.6 is 0 Å². The summed E-state index contributed by atoms with van der Waals surface area (Å²) in [4.78, 5) is 14.2. The highest BCUT2D eigenvalue weighted by Gasteiger charge is 2.22. The lowest BCUT2D eigenvalue weighted by atomic mass is 10.1. The SMILES string of the molecule is C=Cc1cc(C(=O)N2CCOC(C)C2)ccc1OC. The molecule has 0 aromatic heterocycles. The number of ether oxygens (including phenoxy) is 2. The Morgan fingerprint density at radius 2 is 2.37 bits per heavy atom.